The molecule has 1 saturated heterocycles. The highest BCUT2D eigenvalue weighted by atomic mass is 32.2. The summed E-state index contributed by atoms with van der Waals surface area (Å²) in [5.74, 6) is 2.64. The van der Waals surface area contributed by atoms with Gasteiger partial charge >= 0.3 is 0 Å². The van der Waals surface area contributed by atoms with Gasteiger partial charge in [0, 0.05) is 19.6 Å². The number of aromatic nitrogens is 3. The Hall–Kier alpha value is -2.81. The summed E-state index contributed by atoms with van der Waals surface area (Å²) in [6.07, 6.45) is 2.86. The minimum Gasteiger partial charge on any atom is -0.467 e. The Morgan fingerprint density at radius 2 is 2.03 bits per heavy atom. The molecule has 1 N–H and O–H groups in total. The molecular weight excluding hydrogens is 441 g/mol. The summed E-state index contributed by atoms with van der Waals surface area (Å²) in [7, 11) is 0. The third-order valence-corrected chi connectivity index (χ3v) is 6.75. The van der Waals surface area contributed by atoms with Gasteiger partial charge in [0.15, 0.2) is 5.16 Å². The predicted octanol–water partition coefficient (Wildman–Crippen LogP) is 4.26. The zero-order chi connectivity index (χ0) is 23.4. The second-order valence-corrected chi connectivity index (χ2v) is 9.89. The fourth-order valence-corrected chi connectivity index (χ4v) is 5.11. The molecule has 2 unspecified atom stereocenters. The largest absolute Gasteiger partial charge is 0.467 e. The minimum absolute atomic E-state index is 0.115. The summed E-state index contributed by atoms with van der Waals surface area (Å²) in [6.45, 7) is 8.97. The van der Waals surface area contributed by atoms with Gasteiger partial charge in [0.1, 0.15) is 11.6 Å². The first kappa shape index (κ1) is 23.4. The Morgan fingerprint density at radius 3 is 2.73 bits per heavy atom. The molecule has 3 aromatic rings. The Bertz CT molecular complexity index is 1070. The fraction of sp³-hybridized carbons (Fsp3) is 0.458. The smallest absolute Gasteiger partial charge is 0.230 e. The number of amides is 1. The molecule has 0 bridgehead atoms. The van der Waals surface area contributed by atoms with Crippen LogP contribution in [0.25, 0.3) is 0 Å². The molecule has 4 rings (SSSR count). The van der Waals surface area contributed by atoms with Gasteiger partial charge in [-0.3, -0.25) is 9.36 Å². The SMILES string of the molecule is Cc1cc(CNC(=O)CSc2nnc(N3CC(C)CC(C)C3)n2Cc2ccco2)ccc1F. The lowest BCUT2D eigenvalue weighted by atomic mass is 9.92. The van der Waals surface area contributed by atoms with Crippen LogP contribution in [-0.4, -0.2) is 39.5 Å². The van der Waals surface area contributed by atoms with Gasteiger partial charge in [-0.2, -0.15) is 0 Å². The van der Waals surface area contributed by atoms with Crippen LogP contribution in [0.3, 0.4) is 0 Å². The van der Waals surface area contributed by atoms with Crippen molar-refractivity contribution in [1.82, 2.24) is 20.1 Å². The molecule has 176 valence electrons. The summed E-state index contributed by atoms with van der Waals surface area (Å²) < 4.78 is 21.0. The molecule has 1 aliphatic rings. The number of thioether (sulfide) groups is 1. The number of hydrogen-bond donors (Lipinski definition) is 1. The second-order valence-electron chi connectivity index (χ2n) is 8.95. The highest BCUT2D eigenvalue weighted by Gasteiger charge is 2.27. The lowest BCUT2D eigenvalue weighted by Crippen LogP contribution is -2.40. The van der Waals surface area contributed by atoms with Crippen LogP contribution >= 0.6 is 11.8 Å². The number of benzene rings is 1. The standard InChI is InChI=1S/C24H30FN5O2S/c1-16-9-17(2)13-29(12-16)23-27-28-24(30(23)14-20-5-4-8-32-20)33-15-22(31)26-11-19-6-7-21(25)18(3)10-19/h4-8,10,16-17H,9,11-15H2,1-3H3,(H,26,31). The van der Waals surface area contributed by atoms with E-state index in [1.807, 2.05) is 16.7 Å². The van der Waals surface area contributed by atoms with Crippen molar-refractivity contribution in [3.8, 4) is 0 Å². The monoisotopic (exact) mass is 471 g/mol. The number of furan rings is 1. The van der Waals surface area contributed by atoms with Crippen LogP contribution in [0.1, 0.15) is 37.2 Å². The van der Waals surface area contributed by atoms with Gasteiger partial charge in [-0.05, 0) is 54.5 Å². The van der Waals surface area contributed by atoms with Crippen LogP contribution in [0.4, 0.5) is 10.3 Å². The first-order valence-corrected chi connectivity index (χ1v) is 12.2. The van der Waals surface area contributed by atoms with Gasteiger partial charge < -0.3 is 14.6 Å². The van der Waals surface area contributed by atoms with E-state index in [-0.39, 0.29) is 17.5 Å². The first-order valence-electron chi connectivity index (χ1n) is 11.2. The van der Waals surface area contributed by atoms with E-state index in [4.69, 9.17) is 4.42 Å². The van der Waals surface area contributed by atoms with Crippen molar-refractivity contribution in [2.75, 3.05) is 23.7 Å². The summed E-state index contributed by atoms with van der Waals surface area (Å²) in [5.41, 5.74) is 1.43. The Kier molecular flexibility index (Phi) is 7.37. The van der Waals surface area contributed by atoms with Crippen molar-refractivity contribution < 1.29 is 13.6 Å². The molecule has 0 radical (unpaired) electrons. The van der Waals surface area contributed by atoms with Crippen molar-refractivity contribution in [3.63, 3.8) is 0 Å². The molecule has 1 fully saturated rings. The van der Waals surface area contributed by atoms with Crippen LogP contribution in [0.2, 0.25) is 0 Å². The number of halogens is 1. The lowest BCUT2D eigenvalue weighted by Gasteiger charge is -2.35. The van der Waals surface area contributed by atoms with Crippen molar-refractivity contribution in [2.45, 2.75) is 45.4 Å². The van der Waals surface area contributed by atoms with Crippen molar-refractivity contribution in [1.29, 1.82) is 0 Å². The predicted molar refractivity (Wildman–Crippen MR) is 127 cm³/mol. The number of anilines is 1. The summed E-state index contributed by atoms with van der Waals surface area (Å²) in [5, 5.41) is 12.5. The number of piperidine rings is 1. The molecule has 33 heavy (non-hydrogen) atoms. The van der Waals surface area contributed by atoms with Crippen LogP contribution < -0.4 is 10.2 Å². The number of nitrogens with one attached hydrogen (secondary N) is 1. The van der Waals surface area contributed by atoms with Crippen LogP contribution in [-0.2, 0) is 17.9 Å². The van der Waals surface area contributed by atoms with E-state index in [1.165, 1.54) is 24.2 Å². The van der Waals surface area contributed by atoms with Crippen LogP contribution in [0.15, 0.2) is 46.2 Å². The summed E-state index contributed by atoms with van der Waals surface area (Å²) in [4.78, 5) is 14.8. The summed E-state index contributed by atoms with van der Waals surface area (Å²) >= 11 is 1.35. The number of aryl methyl sites for hydroxylation is 1. The maximum Gasteiger partial charge on any atom is 0.230 e. The van der Waals surface area contributed by atoms with E-state index >= 15 is 0 Å². The minimum atomic E-state index is -0.246. The van der Waals surface area contributed by atoms with E-state index < -0.39 is 0 Å². The number of hydrogen-bond acceptors (Lipinski definition) is 6. The van der Waals surface area contributed by atoms with Gasteiger partial charge in [-0.25, -0.2) is 4.39 Å². The number of carbonyl (C=O) groups is 1. The molecule has 0 aliphatic carbocycles. The normalized spacial score (nSPS) is 18.5. The molecule has 0 spiro atoms. The first-order chi connectivity index (χ1) is 15.9. The number of nitrogens with zero attached hydrogens (tertiary/aromatic N) is 4. The van der Waals surface area contributed by atoms with E-state index in [1.54, 1.807) is 25.3 Å². The van der Waals surface area contributed by atoms with Gasteiger partial charge in [0.2, 0.25) is 11.9 Å². The maximum atomic E-state index is 13.4. The van der Waals surface area contributed by atoms with Crippen molar-refractivity contribution in [3.05, 3.63) is 59.3 Å². The van der Waals surface area contributed by atoms with E-state index in [0.717, 1.165) is 30.4 Å². The highest BCUT2D eigenvalue weighted by Crippen LogP contribution is 2.29. The van der Waals surface area contributed by atoms with Gasteiger partial charge in [0.05, 0.1) is 18.6 Å². The zero-order valence-corrected chi connectivity index (χ0v) is 20.1. The third-order valence-electron chi connectivity index (χ3n) is 5.79. The molecule has 1 aromatic carbocycles. The average Bonchev–Trinajstić information content (AvgIpc) is 3.43. The highest BCUT2D eigenvalue weighted by molar-refractivity contribution is 7.99. The van der Waals surface area contributed by atoms with E-state index in [9.17, 15) is 9.18 Å². The van der Waals surface area contributed by atoms with E-state index in [0.29, 0.717) is 35.6 Å². The van der Waals surface area contributed by atoms with Crippen molar-refractivity contribution in [2.24, 2.45) is 11.8 Å². The van der Waals surface area contributed by atoms with Gasteiger partial charge in [0.25, 0.3) is 0 Å². The maximum absolute atomic E-state index is 13.4. The van der Waals surface area contributed by atoms with Crippen molar-refractivity contribution >= 4 is 23.6 Å². The fourth-order valence-electron chi connectivity index (χ4n) is 4.34. The molecule has 2 aromatic heterocycles. The number of rotatable bonds is 8. The second kappa shape index (κ2) is 10.4. The Morgan fingerprint density at radius 1 is 1.24 bits per heavy atom. The lowest BCUT2D eigenvalue weighted by molar-refractivity contribution is -0.118. The number of carbonyl (C=O) groups excluding carboxylic acids is 1. The van der Waals surface area contributed by atoms with Crippen LogP contribution in [0.5, 0.6) is 0 Å². The third kappa shape index (κ3) is 5.96. The molecule has 0 saturated carbocycles. The van der Waals surface area contributed by atoms with Gasteiger partial charge in [-0.1, -0.05) is 37.7 Å². The molecule has 7 nitrogen and oxygen atoms in total. The Labute approximate surface area is 197 Å². The molecule has 9 heteroatoms. The van der Waals surface area contributed by atoms with Crippen LogP contribution in [0, 0.1) is 24.6 Å². The van der Waals surface area contributed by atoms with Gasteiger partial charge in [-0.15, -0.1) is 10.2 Å². The molecule has 1 aliphatic heterocycles. The molecule has 2 atom stereocenters. The molecular formula is C24H30FN5O2S. The zero-order valence-electron chi connectivity index (χ0n) is 19.3. The van der Waals surface area contributed by atoms with E-state index in [2.05, 4.69) is 34.3 Å². The molecule has 3 heterocycles. The Balaban J connectivity index is 1.43. The molecule has 1 amide bonds. The average molecular weight is 472 g/mol. The topological polar surface area (TPSA) is 76.2 Å². The quantitative estimate of drug-likeness (QED) is 0.495. The summed E-state index contributed by atoms with van der Waals surface area (Å²) in [6, 6.07) is 8.64.